The molecule has 0 aliphatic rings. The average Bonchev–Trinajstić information content (AvgIpc) is 2.34. The zero-order chi connectivity index (χ0) is 21.7. The van der Waals surface area contributed by atoms with Gasteiger partial charge in [-0.2, -0.15) is 52.7 Å². The van der Waals surface area contributed by atoms with Crippen molar-refractivity contribution in [2.75, 3.05) is 0 Å². The standard InChI is InChI=1S/2C5H2F6O2.2H2O.Zn/c2*6-4(7,8)2(12)1-3(13)5(9,10)11;;;/h2*1,12H;2*1H2;/b2*2-1+;;;. The maximum absolute atomic E-state index is 11.4. The van der Waals surface area contributed by atoms with Gasteiger partial charge in [-0.15, -0.1) is 0 Å². The van der Waals surface area contributed by atoms with Crippen LogP contribution in [0.5, 0.6) is 0 Å². The maximum atomic E-state index is 11.4. The van der Waals surface area contributed by atoms with Crippen molar-refractivity contribution in [3.8, 4) is 0 Å². The Morgan fingerprint density at radius 2 is 0.690 bits per heavy atom. The van der Waals surface area contributed by atoms with Crippen LogP contribution in [0.25, 0.3) is 0 Å². The summed E-state index contributed by atoms with van der Waals surface area (Å²) in [4.78, 5) is 19.7. The number of alkyl halides is 12. The summed E-state index contributed by atoms with van der Waals surface area (Å²) in [5.74, 6) is -10.7. The van der Waals surface area contributed by atoms with Crippen molar-refractivity contribution in [3.05, 3.63) is 23.7 Å². The van der Waals surface area contributed by atoms with Crippen molar-refractivity contribution in [2.45, 2.75) is 24.7 Å². The van der Waals surface area contributed by atoms with Gasteiger partial charge in [0.15, 0.2) is 0 Å². The van der Waals surface area contributed by atoms with Crippen LogP contribution in [0.2, 0.25) is 0 Å². The second-order valence-corrected chi connectivity index (χ2v) is 3.78. The van der Waals surface area contributed by atoms with Crippen LogP contribution in [0.1, 0.15) is 0 Å². The molecule has 0 aromatic carbocycles. The second-order valence-electron chi connectivity index (χ2n) is 3.78. The molecular formula is C10H8F12O6Zn. The van der Waals surface area contributed by atoms with Gasteiger partial charge in [-0.1, -0.05) is 0 Å². The Balaban J connectivity index is -0.000000120. The molecule has 170 valence electrons. The molecule has 0 aromatic heterocycles. The monoisotopic (exact) mass is 516 g/mol. The quantitative estimate of drug-likeness (QED) is 0.252. The summed E-state index contributed by atoms with van der Waals surface area (Å²) < 4.78 is 136. The minimum atomic E-state index is -5.42. The number of rotatable bonds is 2. The first-order valence-electron chi connectivity index (χ1n) is 5.28. The van der Waals surface area contributed by atoms with Crippen molar-refractivity contribution in [3.63, 3.8) is 0 Å². The molecule has 0 aliphatic carbocycles. The van der Waals surface area contributed by atoms with Gasteiger partial charge in [0.25, 0.3) is 11.6 Å². The molecule has 0 bridgehead atoms. The topological polar surface area (TPSA) is 138 Å². The summed E-state index contributed by atoms with van der Waals surface area (Å²) in [7, 11) is 0. The third-order valence-corrected chi connectivity index (χ3v) is 1.68. The van der Waals surface area contributed by atoms with E-state index in [0.29, 0.717) is 0 Å². The number of aliphatic hydroxyl groups excluding tert-OH is 2. The summed E-state index contributed by atoms with van der Waals surface area (Å²) in [6, 6.07) is 0. The number of aliphatic hydroxyl groups is 2. The Morgan fingerprint density at radius 3 is 0.793 bits per heavy atom. The Labute approximate surface area is 163 Å². The van der Waals surface area contributed by atoms with E-state index < -0.39 is 59.9 Å². The van der Waals surface area contributed by atoms with Crippen LogP contribution in [-0.2, 0) is 29.1 Å². The van der Waals surface area contributed by atoms with Crippen molar-refractivity contribution in [2.24, 2.45) is 0 Å². The van der Waals surface area contributed by atoms with Gasteiger partial charge >= 0.3 is 24.7 Å². The van der Waals surface area contributed by atoms with E-state index in [1.54, 1.807) is 0 Å². The molecule has 0 atom stereocenters. The van der Waals surface area contributed by atoms with E-state index in [0.717, 1.165) is 0 Å². The predicted octanol–water partition coefficient (Wildman–Crippen LogP) is 2.59. The zero-order valence-electron chi connectivity index (χ0n) is 13.1. The molecule has 29 heavy (non-hydrogen) atoms. The molecule has 6 nitrogen and oxygen atoms in total. The van der Waals surface area contributed by atoms with Gasteiger partial charge in [0.05, 0.1) is 0 Å². The third kappa shape index (κ3) is 16.8. The number of halogens is 12. The van der Waals surface area contributed by atoms with E-state index in [-0.39, 0.29) is 30.4 Å². The summed E-state index contributed by atoms with van der Waals surface area (Å²) in [5.41, 5.74) is 0. The minimum absolute atomic E-state index is 0. The SMILES string of the molecule is O.O.O=C(/C=C(/O)C(F)(F)F)C(F)(F)F.O=C(/C=C(/O)C(F)(F)F)C(F)(F)F.[Zn]. The Hall–Kier alpha value is -1.88. The molecule has 0 aliphatic heterocycles. The second kappa shape index (κ2) is 12.6. The van der Waals surface area contributed by atoms with Gasteiger partial charge in [-0.05, 0) is 0 Å². The summed E-state index contributed by atoms with van der Waals surface area (Å²) in [6.07, 6.45) is -23.4. The Morgan fingerprint density at radius 1 is 0.517 bits per heavy atom. The number of carbonyl (C=O) groups excluding carboxylic acids is 2. The van der Waals surface area contributed by atoms with Crippen molar-refractivity contribution in [1.29, 1.82) is 0 Å². The molecule has 0 fully saturated rings. The van der Waals surface area contributed by atoms with E-state index in [1.807, 2.05) is 0 Å². The predicted molar refractivity (Wildman–Crippen MR) is 62.9 cm³/mol. The number of allylic oxidation sites excluding steroid dienone is 4. The molecule has 0 rings (SSSR count). The molecule has 0 amide bonds. The number of hydrogen-bond donors (Lipinski definition) is 2. The van der Waals surface area contributed by atoms with Crippen LogP contribution in [0.4, 0.5) is 52.7 Å². The fraction of sp³-hybridized carbons (Fsp3) is 0.400. The molecule has 0 aromatic rings. The minimum Gasteiger partial charge on any atom is -0.504 e. The van der Waals surface area contributed by atoms with Crippen molar-refractivity contribution < 1.29 is 103 Å². The summed E-state index contributed by atoms with van der Waals surface area (Å²) in [6.45, 7) is 0. The average molecular weight is 518 g/mol. The van der Waals surface area contributed by atoms with Gasteiger partial charge in [0.2, 0.25) is 11.5 Å². The first-order valence-corrected chi connectivity index (χ1v) is 5.28. The van der Waals surface area contributed by atoms with E-state index in [9.17, 15) is 62.3 Å². The largest absolute Gasteiger partial charge is 0.504 e. The fourth-order valence-corrected chi connectivity index (χ4v) is 0.576. The Kier molecular flexibility index (Phi) is 16.5. The first-order chi connectivity index (χ1) is 11.1. The molecule has 0 saturated heterocycles. The van der Waals surface area contributed by atoms with Crippen LogP contribution < -0.4 is 0 Å². The van der Waals surface area contributed by atoms with Crippen LogP contribution in [0.3, 0.4) is 0 Å². The van der Waals surface area contributed by atoms with E-state index in [1.165, 1.54) is 0 Å². The summed E-state index contributed by atoms with van der Waals surface area (Å²) >= 11 is 0. The zero-order valence-corrected chi connectivity index (χ0v) is 16.1. The van der Waals surface area contributed by atoms with Crippen molar-refractivity contribution in [1.82, 2.24) is 0 Å². The third-order valence-electron chi connectivity index (χ3n) is 1.68. The number of carbonyl (C=O) groups is 2. The van der Waals surface area contributed by atoms with Gasteiger partial charge in [0, 0.05) is 31.6 Å². The van der Waals surface area contributed by atoms with Crippen LogP contribution in [-0.4, -0.2) is 57.4 Å². The van der Waals surface area contributed by atoms with E-state index >= 15 is 0 Å². The fourth-order valence-electron chi connectivity index (χ4n) is 0.576. The van der Waals surface area contributed by atoms with Gasteiger partial charge < -0.3 is 21.2 Å². The molecule has 0 saturated carbocycles. The number of hydrogen-bond acceptors (Lipinski definition) is 4. The maximum Gasteiger partial charge on any atom is 0.454 e. The first kappa shape index (κ1) is 37.8. The molecule has 0 heterocycles. The molecule has 0 radical (unpaired) electrons. The normalized spacial score (nSPS) is 13.0. The molecule has 19 heteroatoms. The summed E-state index contributed by atoms with van der Waals surface area (Å²) in [5, 5.41) is 15.9. The molecule has 0 unspecified atom stereocenters. The molecule has 6 N–H and O–H groups in total. The molecule has 0 spiro atoms. The molecular weight excluding hydrogens is 509 g/mol. The van der Waals surface area contributed by atoms with Crippen LogP contribution in [0.15, 0.2) is 23.7 Å². The van der Waals surface area contributed by atoms with Gasteiger partial charge in [0.1, 0.15) is 0 Å². The van der Waals surface area contributed by atoms with Gasteiger partial charge in [-0.3, -0.25) is 9.59 Å². The van der Waals surface area contributed by atoms with E-state index in [2.05, 4.69) is 0 Å². The number of ketones is 2. The Bertz CT molecular complexity index is 532. The van der Waals surface area contributed by atoms with Gasteiger partial charge in [-0.25, -0.2) is 0 Å². The van der Waals surface area contributed by atoms with Crippen LogP contribution >= 0.6 is 0 Å². The smallest absolute Gasteiger partial charge is 0.454 e. The van der Waals surface area contributed by atoms with Crippen LogP contribution in [0, 0.1) is 0 Å². The van der Waals surface area contributed by atoms with E-state index in [4.69, 9.17) is 10.2 Å². The van der Waals surface area contributed by atoms with Crippen molar-refractivity contribution >= 4 is 11.6 Å².